The topological polar surface area (TPSA) is 59.0 Å². The van der Waals surface area contributed by atoms with E-state index < -0.39 is 5.60 Å². The fourth-order valence-corrected chi connectivity index (χ4v) is 3.62. The Bertz CT molecular complexity index is 592. The Morgan fingerprint density at radius 1 is 1.29 bits per heavy atom. The first-order valence-electron chi connectivity index (χ1n) is 8.71. The summed E-state index contributed by atoms with van der Waals surface area (Å²) >= 11 is 0. The van der Waals surface area contributed by atoms with E-state index in [4.69, 9.17) is 9.47 Å². The lowest BCUT2D eigenvalue weighted by atomic mass is 9.90. The molecule has 2 aliphatic heterocycles. The summed E-state index contributed by atoms with van der Waals surface area (Å²) in [5.74, 6) is 0.264. The fourth-order valence-electron chi connectivity index (χ4n) is 3.62. The van der Waals surface area contributed by atoms with E-state index in [1.807, 2.05) is 32.9 Å². The Balaban J connectivity index is 1.66. The Hall–Kier alpha value is -1.75. The van der Waals surface area contributed by atoms with Gasteiger partial charge < -0.3 is 19.5 Å². The molecule has 2 heterocycles. The van der Waals surface area contributed by atoms with Crippen LogP contribution in [0, 0.1) is 0 Å². The van der Waals surface area contributed by atoms with Crippen molar-refractivity contribution in [1.29, 1.82) is 0 Å². The van der Waals surface area contributed by atoms with Gasteiger partial charge >= 0.3 is 6.09 Å². The quantitative estimate of drug-likeness (QED) is 0.843. The molecule has 5 nitrogen and oxygen atoms in total. The number of carbonyl (C=O) groups excluding carboxylic acids is 1. The number of rotatable bonds is 1. The maximum absolute atomic E-state index is 12.4. The monoisotopic (exact) mass is 333 g/mol. The summed E-state index contributed by atoms with van der Waals surface area (Å²) in [6.45, 7) is 6.98. The highest BCUT2D eigenvalue weighted by Crippen LogP contribution is 2.44. The number of piperidine rings is 1. The first-order valence-corrected chi connectivity index (χ1v) is 8.71. The predicted molar refractivity (Wildman–Crippen MR) is 90.9 cm³/mol. The van der Waals surface area contributed by atoms with Crippen molar-refractivity contribution in [2.24, 2.45) is 0 Å². The molecule has 0 radical (unpaired) electrons. The van der Waals surface area contributed by atoms with Crippen molar-refractivity contribution < 1.29 is 19.4 Å². The molecule has 1 aromatic rings. The zero-order valence-electron chi connectivity index (χ0n) is 14.7. The van der Waals surface area contributed by atoms with Gasteiger partial charge in [-0.15, -0.1) is 0 Å². The summed E-state index contributed by atoms with van der Waals surface area (Å²) in [4.78, 5) is 14.1. The van der Waals surface area contributed by atoms with Gasteiger partial charge in [0.05, 0.1) is 18.2 Å². The van der Waals surface area contributed by atoms with Gasteiger partial charge in [-0.05, 0) is 64.2 Å². The Labute approximate surface area is 143 Å². The molecule has 2 atom stereocenters. The largest absolute Gasteiger partial charge is 0.508 e. The van der Waals surface area contributed by atoms with Crippen LogP contribution in [-0.4, -0.2) is 40.4 Å². The molecule has 1 N–H and O–H groups in total. The van der Waals surface area contributed by atoms with Crippen LogP contribution in [-0.2, 0) is 9.47 Å². The van der Waals surface area contributed by atoms with Crippen LogP contribution in [0.4, 0.5) is 4.79 Å². The predicted octanol–water partition coefficient (Wildman–Crippen LogP) is 4.01. The highest BCUT2D eigenvalue weighted by atomic mass is 16.6. The fraction of sp³-hybridized carbons (Fsp3) is 0.632. The van der Waals surface area contributed by atoms with E-state index >= 15 is 0 Å². The average molecular weight is 333 g/mol. The number of likely N-dealkylation sites (tertiary alicyclic amines) is 1. The van der Waals surface area contributed by atoms with Crippen molar-refractivity contribution in [2.45, 2.75) is 63.8 Å². The zero-order chi connectivity index (χ0) is 17.4. The second-order valence-electron chi connectivity index (χ2n) is 7.93. The summed E-state index contributed by atoms with van der Waals surface area (Å²) < 4.78 is 11.9. The lowest BCUT2D eigenvalue weighted by Gasteiger charge is -2.40. The van der Waals surface area contributed by atoms with Gasteiger partial charge in [0, 0.05) is 6.54 Å². The highest BCUT2D eigenvalue weighted by molar-refractivity contribution is 5.68. The van der Waals surface area contributed by atoms with Gasteiger partial charge in [0.2, 0.25) is 0 Å². The van der Waals surface area contributed by atoms with E-state index in [1.165, 1.54) is 0 Å². The number of carbonyl (C=O) groups is 1. The molecular weight excluding hydrogens is 306 g/mol. The molecule has 2 saturated heterocycles. The Kier molecular flexibility index (Phi) is 4.47. The number of ether oxygens (including phenoxy) is 2. The molecule has 1 spiro atoms. The molecule has 2 aliphatic rings. The molecular formula is C19H27NO4. The summed E-state index contributed by atoms with van der Waals surface area (Å²) in [6, 6.07) is 7.20. The van der Waals surface area contributed by atoms with Crippen molar-refractivity contribution >= 4 is 6.09 Å². The minimum absolute atomic E-state index is 0.0317. The van der Waals surface area contributed by atoms with Gasteiger partial charge in [0.25, 0.3) is 0 Å². The lowest BCUT2D eigenvalue weighted by Crippen LogP contribution is -2.51. The highest BCUT2D eigenvalue weighted by Gasteiger charge is 2.45. The van der Waals surface area contributed by atoms with Crippen molar-refractivity contribution in [3.63, 3.8) is 0 Å². The van der Waals surface area contributed by atoms with Crippen LogP contribution in [0.5, 0.6) is 5.75 Å². The molecule has 2 fully saturated rings. The summed E-state index contributed by atoms with van der Waals surface area (Å²) in [5, 5.41) is 9.43. The molecule has 0 aromatic heterocycles. The molecule has 5 heteroatoms. The molecule has 3 rings (SSSR count). The van der Waals surface area contributed by atoms with Crippen LogP contribution in [0.15, 0.2) is 24.3 Å². The number of phenols is 1. The summed E-state index contributed by atoms with van der Waals surface area (Å²) in [7, 11) is 0. The van der Waals surface area contributed by atoms with Gasteiger partial charge in [0.1, 0.15) is 11.4 Å². The normalized spacial score (nSPS) is 27.5. The smallest absolute Gasteiger partial charge is 0.410 e. The minimum Gasteiger partial charge on any atom is -0.508 e. The van der Waals surface area contributed by atoms with E-state index in [1.54, 1.807) is 17.0 Å². The number of aromatic hydroxyl groups is 1. The number of hydrogen-bond donors (Lipinski definition) is 1. The second-order valence-corrected chi connectivity index (χ2v) is 7.93. The third-order valence-electron chi connectivity index (χ3n) is 4.71. The maximum atomic E-state index is 12.4. The maximum Gasteiger partial charge on any atom is 0.410 e. The third kappa shape index (κ3) is 3.83. The van der Waals surface area contributed by atoms with Gasteiger partial charge in [0.15, 0.2) is 0 Å². The summed E-state index contributed by atoms with van der Waals surface area (Å²) in [5.41, 5.74) is 0.337. The van der Waals surface area contributed by atoms with Gasteiger partial charge in [-0.3, -0.25) is 0 Å². The van der Waals surface area contributed by atoms with E-state index in [0.717, 1.165) is 37.8 Å². The number of phenolic OH excluding ortho intramolecular Hbond substituents is 1. The van der Waals surface area contributed by atoms with Crippen LogP contribution in [0.2, 0.25) is 0 Å². The first kappa shape index (κ1) is 17.1. The van der Waals surface area contributed by atoms with Crippen LogP contribution in [0.25, 0.3) is 0 Å². The van der Waals surface area contributed by atoms with E-state index in [0.29, 0.717) is 6.54 Å². The van der Waals surface area contributed by atoms with Crippen LogP contribution in [0.1, 0.15) is 58.1 Å². The van der Waals surface area contributed by atoms with Gasteiger partial charge in [-0.2, -0.15) is 0 Å². The molecule has 0 saturated carbocycles. The van der Waals surface area contributed by atoms with E-state index in [9.17, 15) is 9.90 Å². The second kappa shape index (κ2) is 6.28. The van der Waals surface area contributed by atoms with Crippen molar-refractivity contribution in [1.82, 2.24) is 4.90 Å². The first-order chi connectivity index (χ1) is 11.3. The molecule has 1 amide bonds. The van der Waals surface area contributed by atoms with Gasteiger partial charge in [-0.1, -0.05) is 12.1 Å². The van der Waals surface area contributed by atoms with Crippen molar-refractivity contribution in [3.05, 3.63) is 29.8 Å². The molecule has 24 heavy (non-hydrogen) atoms. The summed E-state index contributed by atoms with van der Waals surface area (Å²) in [6.07, 6.45) is 3.56. The van der Waals surface area contributed by atoms with Crippen LogP contribution < -0.4 is 0 Å². The van der Waals surface area contributed by atoms with E-state index in [2.05, 4.69) is 0 Å². The van der Waals surface area contributed by atoms with Crippen molar-refractivity contribution in [2.75, 3.05) is 13.1 Å². The van der Waals surface area contributed by atoms with Gasteiger partial charge in [-0.25, -0.2) is 4.79 Å². The third-order valence-corrected chi connectivity index (χ3v) is 4.71. The number of nitrogens with zero attached hydrogens (tertiary/aromatic N) is 1. The Morgan fingerprint density at radius 3 is 2.67 bits per heavy atom. The van der Waals surface area contributed by atoms with Crippen LogP contribution >= 0.6 is 0 Å². The van der Waals surface area contributed by atoms with E-state index in [-0.39, 0.29) is 23.5 Å². The zero-order valence-corrected chi connectivity index (χ0v) is 14.7. The molecule has 132 valence electrons. The molecule has 0 bridgehead atoms. The molecule has 0 aliphatic carbocycles. The molecule has 0 unspecified atom stereocenters. The Morgan fingerprint density at radius 2 is 2.00 bits per heavy atom. The number of hydrogen-bond acceptors (Lipinski definition) is 4. The average Bonchev–Trinajstić information content (AvgIpc) is 2.90. The van der Waals surface area contributed by atoms with Crippen molar-refractivity contribution in [3.8, 4) is 5.75 Å². The number of amides is 1. The lowest BCUT2D eigenvalue weighted by molar-refractivity contribution is -0.0858. The minimum atomic E-state index is -0.479. The SMILES string of the molecule is CC(C)(C)OC(=O)N1CCC[C@]2(CC[C@@H](c3ccc(O)cc3)O2)C1. The standard InChI is InChI=1S/C19H27NO4/c1-18(2,3)24-17(22)20-12-4-10-19(13-20)11-9-16(23-19)14-5-7-15(21)8-6-14/h5-8,16,21H,4,9-13H2,1-3H3/t16-,19-/m0/s1. The number of benzene rings is 1. The molecule has 1 aromatic carbocycles. The van der Waals surface area contributed by atoms with Crippen LogP contribution in [0.3, 0.4) is 0 Å².